The lowest BCUT2D eigenvalue weighted by Gasteiger charge is -2.09. The lowest BCUT2D eigenvalue weighted by Crippen LogP contribution is -2.31. The number of carbonyl (C=O) groups is 1. The zero-order valence-electron chi connectivity index (χ0n) is 12.7. The van der Waals surface area contributed by atoms with Gasteiger partial charge in [0.25, 0.3) is 0 Å². The second-order valence-electron chi connectivity index (χ2n) is 5.14. The van der Waals surface area contributed by atoms with Crippen molar-refractivity contribution < 1.29 is 9.90 Å². The van der Waals surface area contributed by atoms with Crippen LogP contribution in [0.3, 0.4) is 0 Å². The van der Waals surface area contributed by atoms with Gasteiger partial charge in [0, 0.05) is 12.7 Å². The fraction of sp³-hybridized carbons (Fsp3) is 0.375. The van der Waals surface area contributed by atoms with Gasteiger partial charge in [0.05, 0.1) is 24.5 Å². The minimum atomic E-state index is -0.367. The maximum absolute atomic E-state index is 11.7. The number of carbonyl (C=O) groups excluding carboxylic acids is 1. The fourth-order valence-electron chi connectivity index (χ4n) is 2.02. The highest BCUT2D eigenvalue weighted by molar-refractivity contribution is 5.88. The van der Waals surface area contributed by atoms with Crippen molar-refractivity contribution in [1.29, 1.82) is 0 Å². The summed E-state index contributed by atoms with van der Waals surface area (Å²) in [4.78, 5) is 11.7. The van der Waals surface area contributed by atoms with E-state index in [2.05, 4.69) is 15.7 Å². The van der Waals surface area contributed by atoms with Crippen molar-refractivity contribution in [2.75, 3.05) is 11.9 Å². The second-order valence-corrected chi connectivity index (χ2v) is 5.14. The van der Waals surface area contributed by atoms with Crippen molar-refractivity contribution in [3.05, 3.63) is 48.3 Å². The molecule has 6 heteroatoms. The first-order valence-electron chi connectivity index (χ1n) is 7.46. The standard InChI is InChI=1S/C16H22N4O2/c1-2-15(21)8-9-17-16(22)19-14-10-18-20(12-14)11-13-6-4-3-5-7-13/h3-7,10,12,15,21H,2,8-9,11H2,1H3,(H2,17,19,22). The number of hydrogen-bond donors (Lipinski definition) is 3. The van der Waals surface area contributed by atoms with E-state index in [1.54, 1.807) is 17.1 Å². The number of anilines is 1. The Hall–Kier alpha value is -2.34. The summed E-state index contributed by atoms with van der Waals surface area (Å²) >= 11 is 0. The highest BCUT2D eigenvalue weighted by Gasteiger charge is 2.06. The third-order valence-corrected chi connectivity index (χ3v) is 3.31. The molecule has 0 saturated carbocycles. The van der Waals surface area contributed by atoms with E-state index in [4.69, 9.17) is 0 Å². The van der Waals surface area contributed by atoms with Crippen LogP contribution in [0, 0.1) is 0 Å². The largest absolute Gasteiger partial charge is 0.393 e. The van der Waals surface area contributed by atoms with Crippen LogP contribution in [0.2, 0.25) is 0 Å². The van der Waals surface area contributed by atoms with Crippen molar-refractivity contribution in [3.63, 3.8) is 0 Å². The van der Waals surface area contributed by atoms with Crippen molar-refractivity contribution in [3.8, 4) is 0 Å². The summed E-state index contributed by atoms with van der Waals surface area (Å²) in [5.41, 5.74) is 1.79. The van der Waals surface area contributed by atoms with Crippen LogP contribution in [-0.4, -0.2) is 33.6 Å². The van der Waals surface area contributed by atoms with Gasteiger partial charge in [-0.05, 0) is 18.4 Å². The van der Waals surface area contributed by atoms with Crippen molar-refractivity contribution in [1.82, 2.24) is 15.1 Å². The number of amides is 2. The lowest BCUT2D eigenvalue weighted by atomic mass is 10.2. The number of aromatic nitrogens is 2. The minimum Gasteiger partial charge on any atom is -0.393 e. The predicted molar refractivity (Wildman–Crippen MR) is 85.7 cm³/mol. The average molecular weight is 302 g/mol. The molecule has 1 aromatic heterocycles. The molecule has 0 aliphatic carbocycles. The first kappa shape index (κ1) is 16.0. The molecular weight excluding hydrogens is 280 g/mol. The number of nitrogens with zero attached hydrogens (tertiary/aromatic N) is 2. The molecule has 1 unspecified atom stereocenters. The zero-order valence-corrected chi connectivity index (χ0v) is 12.7. The molecule has 2 rings (SSSR count). The van der Waals surface area contributed by atoms with E-state index < -0.39 is 0 Å². The monoisotopic (exact) mass is 302 g/mol. The van der Waals surface area contributed by atoms with Crippen molar-refractivity contribution >= 4 is 11.7 Å². The number of nitrogens with one attached hydrogen (secondary N) is 2. The van der Waals surface area contributed by atoms with E-state index in [1.807, 2.05) is 37.3 Å². The molecule has 0 spiro atoms. The van der Waals surface area contributed by atoms with Gasteiger partial charge in [0.1, 0.15) is 0 Å². The van der Waals surface area contributed by atoms with Gasteiger partial charge in [0.15, 0.2) is 0 Å². The van der Waals surface area contributed by atoms with E-state index in [0.717, 1.165) is 5.56 Å². The number of benzene rings is 1. The molecule has 118 valence electrons. The molecule has 2 amide bonds. The number of urea groups is 1. The first-order chi connectivity index (χ1) is 10.7. The summed E-state index contributed by atoms with van der Waals surface area (Å²) < 4.78 is 1.77. The van der Waals surface area contributed by atoms with Gasteiger partial charge in [-0.2, -0.15) is 5.10 Å². The molecule has 1 heterocycles. The Morgan fingerprint density at radius 3 is 2.86 bits per heavy atom. The molecule has 0 saturated heterocycles. The summed E-state index contributed by atoms with van der Waals surface area (Å²) in [7, 11) is 0. The van der Waals surface area contributed by atoms with Crippen LogP contribution in [0.25, 0.3) is 0 Å². The molecule has 1 atom stereocenters. The van der Waals surface area contributed by atoms with E-state index in [-0.39, 0.29) is 12.1 Å². The molecule has 0 aliphatic rings. The molecule has 0 aliphatic heterocycles. The molecule has 22 heavy (non-hydrogen) atoms. The van der Waals surface area contributed by atoms with Gasteiger partial charge in [-0.25, -0.2) is 4.79 Å². The Bertz CT molecular complexity index is 583. The minimum absolute atomic E-state index is 0.289. The normalized spacial score (nSPS) is 11.9. The van der Waals surface area contributed by atoms with Crippen molar-refractivity contribution in [2.45, 2.75) is 32.4 Å². The molecule has 0 bridgehead atoms. The fourth-order valence-corrected chi connectivity index (χ4v) is 2.02. The van der Waals surface area contributed by atoms with Crippen LogP contribution in [0.4, 0.5) is 10.5 Å². The Kier molecular flexibility index (Phi) is 5.97. The van der Waals surface area contributed by atoms with Crippen LogP contribution in [0.1, 0.15) is 25.3 Å². The van der Waals surface area contributed by atoms with E-state index in [1.165, 1.54) is 0 Å². The Labute approximate surface area is 130 Å². The highest BCUT2D eigenvalue weighted by atomic mass is 16.3. The van der Waals surface area contributed by atoms with Crippen LogP contribution >= 0.6 is 0 Å². The highest BCUT2D eigenvalue weighted by Crippen LogP contribution is 2.07. The van der Waals surface area contributed by atoms with Gasteiger partial charge in [-0.1, -0.05) is 37.3 Å². The first-order valence-corrected chi connectivity index (χ1v) is 7.46. The van der Waals surface area contributed by atoms with Crippen LogP contribution in [0.15, 0.2) is 42.7 Å². The third kappa shape index (κ3) is 5.21. The molecular formula is C16H22N4O2. The predicted octanol–water partition coefficient (Wildman–Crippen LogP) is 2.21. The van der Waals surface area contributed by atoms with Gasteiger partial charge in [0.2, 0.25) is 0 Å². The Balaban J connectivity index is 1.78. The average Bonchev–Trinajstić information content (AvgIpc) is 2.95. The number of aliphatic hydroxyl groups is 1. The summed E-state index contributed by atoms with van der Waals surface area (Å²) in [5.74, 6) is 0. The number of aliphatic hydroxyl groups excluding tert-OH is 1. The van der Waals surface area contributed by atoms with E-state index >= 15 is 0 Å². The summed E-state index contributed by atoms with van der Waals surface area (Å²) in [6, 6.07) is 9.70. The van der Waals surface area contributed by atoms with Crippen LogP contribution in [-0.2, 0) is 6.54 Å². The van der Waals surface area contributed by atoms with E-state index in [9.17, 15) is 9.90 Å². The smallest absolute Gasteiger partial charge is 0.319 e. The topological polar surface area (TPSA) is 79.2 Å². The molecule has 0 radical (unpaired) electrons. The number of rotatable bonds is 7. The summed E-state index contributed by atoms with van der Waals surface area (Å²) in [5, 5.41) is 19.1. The quantitative estimate of drug-likeness (QED) is 0.733. The molecule has 0 fully saturated rings. The second kappa shape index (κ2) is 8.19. The summed E-state index contributed by atoms with van der Waals surface area (Å²) in [6.07, 6.45) is 4.28. The third-order valence-electron chi connectivity index (χ3n) is 3.31. The Morgan fingerprint density at radius 1 is 1.36 bits per heavy atom. The van der Waals surface area contributed by atoms with E-state index in [0.29, 0.717) is 31.6 Å². The zero-order chi connectivity index (χ0) is 15.8. The SMILES string of the molecule is CCC(O)CCNC(=O)Nc1cnn(Cc2ccccc2)c1. The molecule has 3 N–H and O–H groups in total. The van der Waals surface area contributed by atoms with Gasteiger partial charge in [-0.15, -0.1) is 0 Å². The molecule has 1 aromatic carbocycles. The van der Waals surface area contributed by atoms with Crippen LogP contribution in [0.5, 0.6) is 0 Å². The maximum Gasteiger partial charge on any atom is 0.319 e. The lowest BCUT2D eigenvalue weighted by molar-refractivity contribution is 0.160. The maximum atomic E-state index is 11.7. The van der Waals surface area contributed by atoms with Gasteiger partial charge >= 0.3 is 6.03 Å². The van der Waals surface area contributed by atoms with Gasteiger partial charge < -0.3 is 15.7 Å². The van der Waals surface area contributed by atoms with Crippen molar-refractivity contribution in [2.24, 2.45) is 0 Å². The van der Waals surface area contributed by atoms with Gasteiger partial charge in [-0.3, -0.25) is 4.68 Å². The number of hydrogen-bond acceptors (Lipinski definition) is 3. The molecule has 6 nitrogen and oxygen atoms in total. The van der Waals surface area contributed by atoms with Crippen LogP contribution < -0.4 is 10.6 Å². The summed E-state index contributed by atoms with van der Waals surface area (Å²) in [6.45, 7) is 3.01. The Morgan fingerprint density at radius 2 is 2.14 bits per heavy atom. The molecule has 2 aromatic rings.